The van der Waals surface area contributed by atoms with E-state index in [1.165, 1.54) is 0 Å². The molecule has 0 saturated heterocycles. The monoisotopic (exact) mass is 358 g/mol. The summed E-state index contributed by atoms with van der Waals surface area (Å²) in [4.78, 5) is 16.6. The Morgan fingerprint density at radius 2 is 1.69 bits per heavy atom. The van der Waals surface area contributed by atoms with Crippen LogP contribution in [0, 0.1) is 0 Å². The largest absolute Gasteiger partial charge is 0.490 e. The van der Waals surface area contributed by atoms with E-state index in [-0.39, 0.29) is 5.91 Å². The van der Waals surface area contributed by atoms with Gasteiger partial charge in [-0.05, 0) is 51.0 Å². The number of carbonyl (C=O) groups excluding carboxylic acids is 1. The molecule has 2 aromatic rings. The zero-order valence-electron chi connectivity index (χ0n) is 15.6. The fourth-order valence-electron chi connectivity index (χ4n) is 2.49. The van der Waals surface area contributed by atoms with Crippen molar-refractivity contribution in [3.05, 3.63) is 47.8 Å². The van der Waals surface area contributed by atoms with Crippen molar-refractivity contribution in [2.24, 2.45) is 0 Å². The van der Waals surface area contributed by atoms with Gasteiger partial charge in [0.05, 0.1) is 19.8 Å². The summed E-state index contributed by atoms with van der Waals surface area (Å²) in [5.74, 6) is 1.37. The Hall–Kier alpha value is -2.76. The Morgan fingerprint density at radius 3 is 2.23 bits per heavy atom. The molecule has 1 N–H and O–H groups in total. The van der Waals surface area contributed by atoms with Crippen LogP contribution in [0.4, 0.5) is 0 Å². The molecule has 6 heteroatoms. The third-order valence-electron chi connectivity index (χ3n) is 3.59. The van der Waals surface area contributed by atoms with Gasteiger partial charge in [-0.25, -0.2) is 0 Å². The molecule has 0 aliphatic rings. The van der Waals surface area contributed by atoms with E-state index in [1.54, 1.807) is 24.5 Å². The van der Waals surface area contributed by atoms with Crippen LogP contribution >= 0.6 is 0 Å². The van der Waals surface area contributed by atoms with Gasteiger partial charge >= 0.3 is 0 Å². The fraction of sp³-hybridized carbons (Fsp3) is 0.400. The van der Waals surface area contributed by atoms with Crippen molar-refractivity contribution in [1.82, 2.24) is 10.3 Å². The molecule has 26 heavy (non-hydrogen) atoms. The SMILES string of the molecule is CCOc1cc(C(=O)NCCc2cccnc2)cc(OCC)c1OCC. The van der Waals surface area contributed by atoms with Crippen molar-refractivity contribution >= 4 is 5.91 Å². The van der Waals surface area contributed by atoms with Crippen LogP contribution < -0.4 is 19.5 Å². The van der Waals surface area contributed by atoms with E-state index in [1.807, 2.05) is 32.9 Å². The lowest BCUT2D eigenvalue weighted by molar-refractivity contribution is 0.0953. The van der Waals surface area contributed by atoms with Crippen LogP contribution in [0.2, 0.25) is 0 Å². The van der Waals surface area contributed by atoms with E-state index in [4.69, 9.17) is 14.2 Å². The lowest BCUT2D eigenvalue weighted by atomic mass is 10.1. The molecule has 0 spiro atoms. The minimum Gasteiger partial charge on any atom is -0.490 e. The average molecular weight is 358 g/mol. The minimum absolute atomic E-state index is 0.182. The van der Waals surface area contributed by atoms with Crippen LogP contribution in [0.15, 0.2) is 36.7 Å². The van der Waals surface area contributed by atoms with Gasteiger partial charge < -0.3 is 19.5 Å². The maximum absolute atomic E-state index is 12.5. The first-order valence-electron chi connectivity index (χ1n) is 8.93. The molecule has 0 atom stereocenters. The topological polar surface area (TPSA) is 69.7 Å². The maximum atomic E-state index is 12.5. The Bertz CT molecular complexity index is 677. The number of hydrogen-bond donors (Lipinski definition) is 1. The number of amides is 1. The van der Waals surface area contributed by atoms with Crippen molar-refractivity contribution in [3.63, 3.8) is 0 Å². The first-order valence-corrected chi connectivity index (χ1v) is 8.93. The molecule has 0 bridgehead atoms. The summed E-state index contributed by atoms with van der Waals surface area (Å²) in [6, 6.07) is 7.25. The van der Waals surface area contributed by atoms with Crippen molar-refractivity contribution in [1.29, 1.82) is 0 Å². The summed E-state index contributed by atoms with van der Waals surface area (Å²) in [5.41, 5.74) is 1.55. The molecule has 1 aromatic heterocycles. The van der Waals surface area contributed by atoms with E-state index in [0.29, 0.717) is 55.6 Å². The van der Waals surface area contributed by atoms with E-state index < -0.39 is 0 Å². The van der Waals surface area contributed by atoms with Gasteiger partial charge in [-0.1, -0.05) is 6.07 Å². The Morgan fingerprint density at radius 1 is 1.04 bits per heavy atom. The van der Waals surface area contributed by atoms with E-state index in [9.17, 15) is 4.79 Å². The van der Waals surface area contributed by atoms with Crippen molar-refractivity contribution in [2.75, 3.05) is 26.4 Å². The highest BCUT2D eigenvalue weighted by Gasteiger charge is 2.18. The first kappa shape index (κ1) is 19.6. The van der Waals surface area contributed by atoms with Gasteiger partial charge in [0.1, 0.15) is 0 Å². The standard InChI is InChI=1S/C20H26N2O4/c1-4-24-17-12-16(13-18(25-5-2)19(17)26-6-3)20(23)22-11-9-15-8-7-10-21-14-15/h7-8,10,12-14H,4-6,9,11H2,1-3H3,(H,22,23). The number of benzene rings is 1. The summed E-state index contributed by atoms with van der Waals surface area (Å²) in [7, 11) is 0. The van der Waals surface area contributed by atoms with Gasteiger partial charge in [0.2, 0.25) is 5.75 Å². The molecule has 0 unspecified atom stereocenters. The second-order valence-electron chi connectivity index (χ2n) is 5.47. The molecule has 1 amide bonds. The number of pyridine rings is 1. The third kappa shape index (κ3) is 5.37. The van der Waals surface area contributed by atoms with E-state index >= 15 is 0 Å². The van der Waals surface area contributed by atoms with E-state index in [2.05, 4.69) is 10.3 Å². The molecule has 2 rings (SSSR count). The molecule has 0 radical (unpaired) electrons. The number of hydrogen-bond acceptors (Lipinski definition) is 5. The number of rotatable bonds is 10. The zero-order valence-corrected chi connectivity index (χ0v) is 15.6. The number of aromatic nitrogens is 1. The van der Waals surface area contributed by atoms with Gasteiger partial charge in [-0.3, -0.25) is 9.78 Å². The Balaban J connectivity index is 2.14. The van der Waals surface area contributed by atoms with Gasteiger partial charge in [0.25, 0.3) is 5.91 Å². The molecule has 0 saturated carbocycles. The summed E-state index contributed by atoms with van der Waals surface area (Å²) in [6.45, 7) is 7.61. The quantitative estimate of drug-likeness (QED) is 0.706. The number of nitrogens with one attached hydrogen (secondary N) is 1. The van der Waals surface area contributed by atoms with Crippen LogP contribution in [-0.2, 0) is 6.42 Å². The average Bonchev–Trinajstić information content (AvgIpc) is 2.65. The van der Waals surface area contributed by atoms with Crippen LogP contribution in [0.1, 0.15) is 36.7 Å². The number of ether oxygens (including phenoxy) is 3. The fourth-order valence-corrected chi connectivity index (χ4v) is 2.49. The Labute approximate surface area is 154 Å². The van der Waals surface area contributed by atoms with Gasteiger partial charge in [0, 0.05) is 24.5 Å². The second-order valence-corrected chi connectivity index (χ2v) is 5.47. The minimum atomic E-state index is -0.182. The molecule has 0 fully saturated rings. The van der Waals surface area contributed by atoms with Gasteiger partial charge in [0.15, 0.2) is 11.5 Å². The molecular weight excluding hydrogens is 332 g/mol. The molecule has 1 aromatic carbocycles. The molecule has 1 heterocycles. The summed E-state index contributed by atoms with van der Waals surface area (Å²) < 4.78 is 17.0. The van der Waals surface area contributed by atoms with Crippen LogP contribution in [-0.4, -0.2) is 37.3 Å². The maximum Gasteiger partial charge on any atom is 0.251 e. The van der Waals surface area contributed by atoms with Crippen LogP contribution in [0.3, 0.4) is 0 Å². The van der Waals surface area contributed by atoms with E-state index in [0.717, 1.165) is 5.56 Å². The summed E-state index contributed by atoms with van der Waals surface area (Å²) in [5, 5.41) is 2.92. The predicted octanol–water partition coefficient (Wildman–Crippen LogP) is 3.25. The second kappa shape index (κ2) is 10.3. The molecular formula is C20H26N2O4. The normalized spacial score (nSPS) is 10.3. The third-order valence-corrected chi connectivity index (χ3v) is 3.59. The summed E-state index contributed by atoms with van der Waals surface area (Å²) >= 11 is 0. The lowest BCUT2D eigenvalue weighted by Crippen LogP contribution is -2.26. The van der Waals surface area contributed by atoms with Crippen LogP contribution in [0.5, 0.6) is 17.2 Å². The van der Waals surface area contributed by atoms with Gasteiger partial charge in [-0.2, -0.15) is 0 Å². The molecule has 0 aliphatic carbocycles. The number of carbonyl (C=O) groups is 1. The Kier molecular flexibility index (Phi) is 7.74. The summed E-state index contributed by atoms with van der Waals surface area (Å²) in [6.07, 6.45) is 4.24. The number of nitrogens with zero attached hydrogens (tertiary/aromatic N) is 1. The smallest absolute Gasteiger partial charge is 0.251 e. The van der Waals surface area contributed by atoms with Crippen molar-refractivity contribution in [2.45, 2.75) is 27.2 Å². The molecule has 6 nitrogen and oxygen atoms in total. The molecule has 0 aliphatic heterocycles. The molecule has 140 valence electrons. The van der Waals surface area contributed by atoms with Crippen LogP contribution in [0.25, 0.3) is 0 Å². The highest BCUT2D eigenvalue weighted by Crippen LogP contribution is 2.39. The predicted molar refractivity (Wildman–Crippen MR) is 100 cm³/mol. The zero-order chi connectivity index (χ0) is 18.8. The lowest BCUT2D eigenvalue weighted by Gasteiger charge is -2.17. The first-order chi connectivity index (χ1) is 12.7. The van der Waals surface area contributed by atoms with Crippen molar-refractivity contribution < 1.29 is 19.0 Å². The highest BCUT2D eigenvalue weighted by molar-refractivity contribution is 5.95. The van der Waals surface area contributed by atoms with Crippen molar-refractivity contribution in [3.8, 4) is 17.2 Å². The highest BCUT2D eigenvalue weighted by atomic mass is 16.5. The van der Waals surface area contributed by atoms with Gasteiger partial charge in [-0.15, -0.1) is 0 Å².